The first-order valence-electron chi connectivity index (χ1n) is 5.39. The second kappa shape index (κ2) is 18.7. The molecule has 4 N–H and O–H groups in total. The van der Waals surface area contributed by atoms with Gasteiger partial charge in [0.25, 0.3) is 10.3 Å². The van der Waals surface area contributed by atoms with Crippen molar-refractivity contribution < 1.29 is 39.0 Å². The van der Waals surface area contributed by atoms with Crippen LogP contribution in [0, 0.1) is 0 Å². The molecule has 96 valence electrons. The predicted octanol–water partition coefficient (Wildman–Crippen LogP) is -0.903. The van der Waals surface area contributed by atoms with Crippen LogP contribution in [0.5, 0.6) is 0 Å². The Morgan fingerprint density at radius 3 is 1.35 bits per heavy atom. The number of ether oxygens (including phenoxy) is 2. The molecule has 0 aliphatic carbocycles. The third-order valence-electron chi connectivity index (χ3n) is 1.48. The van der Waals surface area contributed by atoms with Crippen molar-refractivity contribution in [2.24, 2.45) is 11.5 Å². The Morgan fingerprint density at radius 2 is 1.18 bits per heavy atom. The molecule has 0 rings (SSSR count). The second-order valence-corrected chi connectivity index (χ2v) is 3.85. The molecular weight excluding hydrogens is 267 g/mol. The van der Waals surface area contributed by atoms with E-state index >= 15 is 0 Å². The number of hydrogen-bond donors (Lipinski definition) is 2. The second-order valence-electron chi connectivity index (χ2n) is 3.04. The zero-order valence-corrected chi connectivity index (χ0v) is 14.7. The van der Waals surface area contributed by atoms with E-state index in [9.17, 15) is 0 Å². The molecule has 0 aliphatic rings. The molecular formula is C10H22N2NaO2S2+. The van der Waals surface area contributed by atoms with Gasteiger partial charge in [-0.3, -0.25) is 0 Å². The van der Waals surface area contributed by atoms with Gasteiger partial charge in [0.05, 0.1) is 13.2 Å². The fourth-order valence-electron chi connectivity index (χ4n) is 0.634. The van der Waals surface area contributed by atoms with Gasteiger partial charge in [0.2, 0.25) is 0 Å². The molecule has 0 aromatic rings. The minimum atomic E-state index is 0. The van der Waals surface area contributed by atoms with E-state index in [4.69, 9.17) is 20.9 Å². The minimum Gasteiger partial charge on any atom is -0.471 e. The van der Waals surface area contributed by atoms with Gasteiger partial charge < -0.3 is 20.9 Å². The fraction of sp³-hybridized carbons (Fsp3) is 0.800. The van der Waals surface area contributed by atoms with Crippen LogP contribution in [0.15, 0.2) is 0 Å². The van der Waals surface area contributed by atoms with Crippen LogP contribution >= 0.6 is 24.4 Å². The SMILES string of the molecule is CCCCOC(N)=S.CCCCOC(N)=S.[Na+]. The molecule has 0 amide bonds. The first-order valence-corrected chi connectivity index (χ1v) is 6.20. The maximum absolute atomic E-state index is 5.04. The van der Waals surface area contributed by atoms with Crippen LogP contribution in [0.3, 0.4) is 0 Å². The number of unbranched alkanes of at least 4 members (excludes halogenated alkanes) is 2. The van der Waals surface area contributed by atoms with Gasteiger partial charge in [-0.15, -0.1) is 0 Å². The van der Waals surface area contributed by atoms with Crippen molar-refractivity contribution in [1.29, 1.82) is 0 Å². The molecule has 0 bridgehead atoms. The van der Waals surface area contributed by atoms with Gasteiger partial charge >= 0.3 is 29.6 Å². The molecule has 0 unspecified atom stereocenters. The maximum Gasteiger partial charge on any atom is 1.00 e. The van der Waals surface area contributed by atoms with Gasteiger partial charge in [0, 0.05) is 0 Å². The van der Waals surface area contributed by atoms with E-state index in [0.29, 0.717) is 13.2 Å². The molecule has 0 aliphatic heterocycles. The van der Waals surface area contributed by atoms with Crippen LogP contribution in [0.1, 0.15) is 39.5 Å². The summed E-state index contributed by atoms with van der Waals surface area (Å²) in [5.41, 5.74) is 10.1. The first-order chi connectivity index (χ1) is 7.54. The minimum absolute atomic E-state index is 0. The standard InChI is InChI=1S/2C5H11NOS.Na/c2*1-2-3-4-7-5(6)8;/h2*2-4H2,1H3,(H2,6,8);/q;;+1. The normalized spacial score (nSPS) is 8.12. The van der Waals surface area contributed by atoms with Crippen molar-refractivity contribution in [3.8, 4) is 0 Å². The summed E-state index contributed by atoms with van der Waals surface area (Å²) < 4.78 is 9.58. The maximum atomic E-state index is 5.04. The monoisotopic (exact) mass is 289 g/mol. The zero-order valence-electron chi connectivity index (χ0n) is 11.0. The summed E-state index contributed by atoms with van der Waals surface area (Å²) in [6.45, 7) is 5.49. The summed E-state index contributed by atoms with van der Waals surface area (Å²) >= 11 is 8.93. The Balaban J connectivity index is -0.000000218. The van der Waals surface area contributed by atoms with E-state index in [-0.39, 0.29) is 39.9 Å². The Morgan fingerprint density at radius 1 is 0.882 bits per heavy atom. The molecule has 0 spiro atoms. The largest absolute Gasteiger partial charge is 1.00 e. The Kier molecular flexibility index (Phi) is 24.9. The summed E-state index contributed by atoms with van der Waals surface area (Å²) in [5.74, 6) is 0. The van der Waals surface area contributed by atoms with Gasteiger partial charge in [-0.1, -0.05) is 26.7 Å². The van der Waals surface area contributed by atoms with Crippen molar-refractivity contribution in [2.45, 2.75) is 39.5 Å². The van der Waals surface area contributed by atoms with E-state index in [0.717, 1.165) is 25.7 Å². The molecule has 4 nitrogen and oxygen atoms in total. The topological polar surface area (TPSA) is 70.5 Å². The molecule has 0 aromatic carbocycles. The molecule has 0 heterocycles. The third kappa shape index (κ3) is 31.4. The summed E-state index contributed by atoms with van der Waals surface area (Å²) in [6, 6.07) is 0. The molecule has 0 saturated carbocycles. The van der Waals surface area contributed by atoms with Crippen molar-refractivity contribution >= 4 is 34.8 Å². The summed E-state index contributed by atoms with van der Waals surface area (Å²) in [5, 5.41) is 0.303. The van der Waals surface area contributed by atoms with Crippen molar-refractivity contribution in [2.75, 3.05) is 13.2 Å². The number of nitrogens with two attached hydrogens (primary N) is 2. The van der Waals surface area contributed by atoms with Gasteiger partial charge in [0.15, 0.2) is 0 Å². The molecule has 0 fully saturated rings. The van der Waals surface area contributed by atoms with Crippen molar-refractivity contribution in [3.63, 3.8) is 0 Å². The third-order valence-corrected chi connectivity index (χ3v) is 1.72. The van der Waals surface area contributed by atoms with Gasteiger partial charge in [-0.25, -0.2) is 0 Å². The predicted molar refractivity (Wildman–Crippen MR) is 75.3 cm³/mol. The molecule has 0 atom stereocenters. The van der Waals surface area contributed by atoms with E-state index in [1.54, 1.807) is 0 Å². The van der Waals surface area contributed by atoms with Crippen LogP contribution in [-0.2, 0) is 9.47 Å². The van der Waals surface area contributed by atoms with Crippen LogP contribution < -0.4 is 41.0 Å². The number of rotatable bonds is 6. The van der Waals surface area contributed by atoms with Crippen molar-refractivity contribution in [1.82, 2.24) is 0 Å². The van der Waals surface area contributed by atoms with Gasteiger partial charge in [-0.05, 0) is 37.3 Å². The molecule has 0 saturated heterocycles. The van der Waals surface area contributed by atoms with Gasteiger partial charge in [0.1, 0.15) is 0 Å². The van der Waals surface area contributed by atoms with E-state index in [2.05, 4.69) is 38.3 Å². The van der Waals surface area contributed by atoms with Crippen LogP contribution in [0.2, 0.25) is 0 Å². The smallest absolute Gasteiger partial charge is 0.471 e. The first kappa shape index (κ1) is 22.6. The number of hydrogen-bond acceptors (Lipinski definition) is 4. The Labute approximate surface area is 137 Å². The van der Waals surface area contributed by atoms with E-state index in [1.165, 1.54) is 0 Å². The average Bonchev–Trinajstić information content (AvgIpc) is 2.18. The Bertz CT molecular complexity index is 175. The number of thiocarbonyl (C=S) groups is 2. The summed E-state index contributed by atoms with van der Waals surface area (Å²) in [7, 11) is 0. The average molecular weight is 289 g/mol. The molecule has 7 heteroatoms. The van der Waals surface area contributed by atoms with Crippen LogP contribution in [-0.4, -0.2) is 23.6 Å². The molecule has 17 heavy (non-hydrogen) atoms. The molecule has 0 radical (unpaired) electrons. The van der Waals surface area contributed by atoms with E-state index < -0.39 is 0 Å². The molecule has 0 aromatic heterocycles. The summed E-state index contributed by atoms with van der Waals surface area (Å²) in [6.07, 6.45) is 4.28. The summed E-state index contributed by atoms with van der Waals surface area (Å²) in [4.78, 5) is 0. The quantitative estimate of drug-likeness (QED) is 0.375. The fourth-order valence-corrected chi connectivity index (χ4v) is 0.801. The van der Waals surface area contributed by atoms with E-state index in [1.807, 2.05) is 0 Å². The van der Waals surface area contributed by atoms with Gasteiger partial charge in [-0.2, -0.15) is 0 Å². The Hall–Kier alpha value is 0.380. The van der Waals surface area contributed by atoms with Crippen molar-refractivity contribution in [3.05, 3.63) is 0 Å². The zero-order chi connectivity index (χ0) is 12.8. The van der Waals surface area contributed by atoms with Crippen LogP contribution in [0.4, 0.5) is 0 Å². The van der Waals surface area contributed by atoms with Crippen LogP contribution in [0.25, 0.3) is 0 Å².